The van der Waals surface area contributed by atoms with Crippen molar-refractivity contribution in [1.29, 1.82) is 0 Å². The molecule has 1 aromatic carbocycles. The molecule has 0 saturated heterocycles. The summed E-state index contributed by atoms with van der Waals surface area (Å²) >= 11 is 6.06. The molecule has 21 heavy (non-hydrogen) atoms. The van der Waals surface area contributed by atoms with Crippen molar-refractivity contribution in [2.45, 2.75) is 26.2 Å². The maximum Gasteiger partial charge on any atom is 0.307 e. The Labute approximate surface area is 128 Å². The van der Waals surface area contributed by atoms with Crippen molar-refractivity contribution < 1.29 is 19.4 Å². The standard InChI is InChI=1S/C15H18ClNO4/c1-2-21-13-7-6-9(8-12(13)16)17-14(18)10-4-3-5-11(10)15(19)20/h6-8,10-11H,2-5H2,1H3,(H,17,18)(H,19,20). The highest BCUT2D eigenvalue weighted by Gasteiger charge is 2.37. The van der Waals surface area contributed by atoms with Gasteiger partial charge in [0.1, 0.15) is 5.75 Å². The van der Waals surface area contributed by atoms with Crippen LogP contribution in [-0.4, -0.2) is 23.6 Å². The second kappa shape index (κ2) is 6.80. The zero-order valence-corrected chi connectivity index (χ0v) is 12.5. The van der Waals surface area contributed by atoms with Gasteiger partial charge in [0.15, 0.2) is 0 Å². The lowest BCUT2D eigenvalue weighted by molar-refractivity contribution is -0.145. The Morgan fingerprint density at radius 1 is 1.38 bits per heavy atom. The molecular weight excluding hydrogens is 294 g/mol. The molecule has 2 rings (SSSR count). The summed E-state index contributed by atoms with van der Waals surface area (Å²) in [6.07, 6.45) is 1.92. The van der Waals surface area contributed by atoms with E-state index in [2.05, 4.69) is 5.32 Å². The lowest BCUT2D eigenvalue weighted by Gasteiger charge is -2.16. The molecule has 0 aromatic heterocycles. The average molecular weight is 312 g/mol. The molecule has 6 heteroatoms. The molecule has 0 aliphatic heterocycles. The highest BCUT2D eigenvalue weighted by Crippen LogP contribution is 2.33. The molecule has 1 aliphatic carbocycles. The average Bonchev–Trinajstić information content (AvgIpc) is 2.91. The van der Waals surface area contributed by atoms with Crippen LogP contribution >= 0.6 is 11.6 Å². The summed E-state index contributed by atoms with van der Waals surface area (Å²) in [5, 5.41) is 12.3. The summed E-state index contributed by atoms with van der Waals surface area (Å²) in [7, 11) is 0. The van der Waals surface area contributed by atoms with Gasteiger partial charge in [0.25, 0.3) is 0 Å². The summed E-state index contributed by atoms with van der Waals surface area (Å²) in [5.74, 6) is -1.69. The molecule has 2 unspecified atom stereocenters. The van der Waals surface area contributed by atoms with E-state index in [0.717, 1.165) is 6.42 Å². The molecule has 1 fully saturated rings. The molecule has 2 atom stereocenters. The quantitative estimate of drug-likeness (QED) is 0.875. The fourth-order valence-corrected chi connectivity index (χ4v) is 2.89. The van der Waals surface area contributed by atoms with Crippen LogP contribution in [0.4, 0.5) is 5.69 Å². The number of hydrogen-bond acceptors (Lipinski definition) is 3. The van der Waals surface area contributed by atoms with Crippen LogP contribution in [0.25, 0.3) is 0 Å². The summed E-state index contributed by atoms with van der Waals surface area (Å²) in [6.45, 7) is 2.37. The van der Waals surface area contributed by atoms with Crippen LogP contribution < -0.4 is 10.1 Å². The predicted octanol–water partition coefficient (Wildman–Crippen LogP) is 3.18. The number of benzene rings is 1. The number of carboxylic acid groups (broad SMARTS) is 1. The lowest BCUT2D eigenvalue weighted by Crippen LogP contribution is -2.29. The van der Waals surface area contributed by atoms with Crippen LogP contribution in [0.15, 0.2) is 18.2 Å². The van der Waals surface area contributed by atoms with Crippen LogP contribution in [-0.2, 0) is 9.59 Å². The van der Waals surface area contributed by atoms with Crippen molar-refractivity contribution in [3.8, 4) is 5.75 Å². The number of nitrogens with one attached hydrogen (secondary N) is 1. The summed E-state index contributed by atoms with van der Waals surface area (Å²) in [5.41, 5.74) is 0.546. The Morgan fingerprint density at radius 2 is 2.10 bits per heavy atom. The normalized spacial score (nSPS) is 21.0. The van der Waals surface area contributed by atoms with Gasteiger partial charge in [-0.1, -0.05) is 18.0 Å². The number of halogens is 1. The second-order valence-corrected chi connectivity index (χ2v) is 5.46. The second-order valence-electron chi connectivity index (χ2n) is 5.05. The summed E-state index contributed by atoms with van der Waals surface area (Å²) in [6, 6.07) is 4.99. The lowest BCUT2D eigenvalue weighted by atomic mass is 9.95. The molecule has 0 heterocycles. The summed E-state index contributed by atoms with van der Waals surface area (Å²) in [4.78, 5) is 23.3. The molecule has 1 saturated carbocycles. The fourth-order valence-electron chi connectivity index (χ4n) is 2.66. The van der Waals surface area contributed by atoms with E-state index < -0.39 is 17.8 Å². The van der Waals surface area contributed by atoms with Crippen molar-refractivity contribution in [3.05, 3.63) is 23.2 Å². The number of aliphatic carboxylic acids is 1. The van der Waals surface area contributed by atoms with Gasteiger partial charge in [-0.3, -0.25) is 9.59 Å². The predicted molar refractivity (Wildman–Crippen MR) is 79.7 cm³/mol. The highest BCUT2D eigenvalue weighted by atomic mass is 35.5. The molecule has 0 bridgehead atoms. The van der Waals surface area contributed by atoms with Gasteiger partial charge in [0, 0.05) is 5.69 Å². The Balaban J connectivity index is 2.06. The fraction of sp³-hybridized carbons (Fsp3) is 0.467. The smallest absolute Gasteiger partial charge is 0.307 e. The van der Waals surface area contributed by atoms with Gasteiger partial charge >= 0.3 is 5.97 Å². The number of carbonyl (C=O) groups excluding carboxylic acids is 1. The number of anilines is 1. The molecule has 2 N–H and O–H groups in total. The maximum atomic E-state index is 12.2. The van der Waals surface area contributed by atoms with E-state index in [1.165, 1.54) is 0 Å². The van der Waals surface area contributed by atoms with Gasteiger partial charge in [-0.15, -0.1) is 0 Å². The third-order valence-electron chi connectivity index (χ3n) is 3.67. The molecule has 114 valence electrons. The third-order valence-corrected chi connectivity index (χ3v) is 3.96. The molecule has 5 nitrogen and oxygen atoms in total. The van der Waals surface area contributed by atoms with Crippen LogP contribution in [0.1, 0.15) is 26.2 Å². The highest BCUT2D eigenvalue weighted by molar-refractivity contribution is 6.32. The number of rotatable bonds is 5. The Kier molecular flexibility index (Phi) is 5.07. The first-order valence-corrected chi connectivity index (χ1v) is 7.36. The topological polar surface area (TPSA) is 75.6 Å². The monoisotopic (exact) mass is 311 g/mol. The van der Waals surface area contributed by atoms with Crippen molar-refractivity contribution >= 4 is 29.2 Å². The first-order valence-electron chi connectivity index (χ1n) is 6.99. The molecule has 1 aliphatic rings. The first kappa shape index (κ1) is 15.6. The minimum absolute atomic E-state index is 0.264. The Bertz CT molecular complexity index is 546. The Hall–Kier alpha value is -1.75. The number of amides is 1. The van der Waals surface area contributed by atoms with Crippen LogP contribution in [0.3, 0.4) is 0 Å². The third kappa shape index (κ3) is 3.67. The molecule has 0 radical (unpaired) electrons. The van der Waals surface area contributed by atoms with Gasteiger partial charge in [-0.05, 0) is 38.0 Å². The number of ether oxygens (including phenoxy) is 1. The Morgan fingerprint density at radius 3 is 2.71 bits per heavy atom. The van der Waals surface area contributed by atoms with Crippen molar-refractivity contribution in [2.75, 3.05) is 11.9 Å². The molecule has 1 amide bonds. The van der Waals surface area contributed by atoms with Crippen LogP contribution in [0.2, 0.25) is 5.02 Å². The van der Waals surface area contributed by atoms with E-state index in [4.69, 9.17) is 21.4 Å². The van der Waals surface area contributed by atoms with Gasteiger partial charge < -0.3 is 15.2 Å². The SMILES string of the molecule is CCOc1ccc(NC(=O)C2CCCC2C(=O)O)cc1Cl. The van der Waals surface area contributed by atoms with Gasteiger partial charge in [0.05, 0.1) is 23.5 Å². The van der Waals surface area contributed by atoms with E-state index >= 15 is 0 Å². The number of carbonyl (C=O) groups is 2. The summed E-state index contributed by atoms with van der Waals surface area (Å²) < 4.78 is 5.32. The minimum atomic E-state index is -0.905. The number of carboxylic acids is 1. The van der Waals surface area contributed by atoms with E-state index in [1.807, 2.05) is 6.92 Å². The van der Waals surface area contributed by atoms with Gasteiger partial charge in [-0.25, -0.2) is 0 Å². The van der Waals surface area contributed by atoms with Gasteiger partial charge in [-0.2, -0.15) is 0 Å². The molecule has 1 aromatic rings. The molecular formula is C15H18ClNO4. The molecule has 0 spiro atoms. The van der Waals surface area contributed by atoms with Crippen molar-refractivity contribution in [1.82, 2.24) is 0 Å². The van der Waals surface area contributed by atoms with E-state index in [0.29, 0.717) is 35.9 Å². The van der Waals surface area contributed by atoms with Crippen LogP contribution in [0.5, 0.6) is 5.75 Å². The van der Waals surface area contributed by atoms with E-state index in [9.17, 15) is 9.59 Å². The minimum Gasteiger partial charge on any atom is -0.492 e. The number of hydrogen-bond donors (Lipinski definition) is 2. The van der Waals surface area contributed by atoms with Crippen LogP contribution in [0, 0.1) is 11.8 Å². The van der Waals surface area contributed by atoms with E-state index in [-0.39, 0.29) is 5.91 Å². The zero-order chi connectivity index (χ0) is 15.4. The van der Waals surface area contributed by atoms with E-state index in [1.54, 1.807) is 18.2 Å². The van der Waals surface area contributed by atoms with Crippen molar-refractivity contribution in [3.63, 3.8) is 0 Å². The maximum absolute atomic E-state index is 12.2. The van der Waals surface area contributed by atoms with Crippen molar-refractivity contribution in [2.24, 2.45) is 11.8 Å². The first-order chi connectivity index (χ1) is 10.0. The largest absolute Gasteiger partial charge is 0.492 e. The zero-order valence-electron chi connectivity index (χ0n) is 11.8. The van der Waals surface area contributed by atoms with Gasteiger partial charge in [0.2, 0.25) is 5.91 Å².